The monoisotopic (exact) mass is 620 g/mol. The Labute approximate surface area is 212 Å². The molecule has 2 radical (unpaired) electrons. The SMILES string of the molecule is C[C]1C(C)=C(C)C(C)=C1C.[CH3-].[CH3-].[Ir].c1ccc(P(c2ccccc2)c2ccccc2)cc1. The molecule has 32 heavy (non-hydrogen) atoms. The van der Waals surface area contributed by atoms with Crippen LogP contribution in [0.1, 0.15) is 34.6 Å². The normalized spacial score (nSPS) is 12.9. The standard InChI is InChI=1S/C18H15P.C10H15.2CH3.Ir/c1-4-10-16(11-5-1)19(17-12-6-2-7-13-17)18-14-8-3-9-15-18;1-6-7(2)9(4)10(5)8(6)3;;;/h1-15H;1-5H3;2*1H3;/q;;2*-1;. The fourth-order valence-corrected chi connectivity index (χ4v) is 5.89. The quantitative estimate of drug-likeness (QED) is 0.209. The Hall–Kier alpha value is -1.78. The van der Waals surface area contributed by atoms with E-state index >= 15 is 0 Å². The Bertz CT molecular complexity index is 871. The minimum atomic E-state index is -0.446. The average Bonchev–Trinajstić information content (AvgIpc) is 2.94. The second-order valence-electron chi connectivity index (χ2n) is 7.47. The smallest absolute Gasteiger partial charge is 0.0226 e. The Morgan fingerprint density at radius 3 is 0.844 bits per heavy atom. The van der Waals surface area contributed by atoms with Crippen molar-refractivity contribution in [3.8, 4) is 0 Å². The molecule has 3 aromatic rings. The van der Waals surface area contributed by atoms with Gasteiger partial charge in [0.25, 0.3) is 0 Å². The fourth-order valence-electron chi connectivity index (χ4n) is 3.58. The zero-order chi connectivity index (χ0) is 20.8. The minimum Gasteiger partial charge on any atom is -0.358 e. The van der Waals surface area contributed by atoms with Gasteiger partial charge >= 0.3 is 0 Å². The van der Waals surface area contributed by atoms with Crippen LogP contribution in [0.15, 0.2) is 113 Å². The third-order valence-electron chi connectivity index (χ3n) is 5.86. The second-order valence-corrected chi connectivity index (χ2v) is 9.69. The molecule has 0 nitrogen and oxygen atoms in total. The summed E-state index contributed by atoms with van der Waals surface area (Å²) in [5, 5.41) is 4.19. The van der Waals surface area contributed by atoms with Crippen LogP contribution < -0.4 is 15.9 Å². The molecule has 4 rings (SSSR count). The Morgan fingerprint density at radius 1 is 0.406 bits per heavy atom. The Morgan fingerprint density at radius 2 is 0.656 bits per heavy atom. The molecule has 3 aromatic carbocycles. The summed E-state index contributed by atoms with van der Waals surface area (Å²) in [7, 11) is -0.446. The van der Waals surface area contributed by atoms with Gasteiger partial charge in [-0.1, -0.05) is 109 Å². The minimum absolute atomic E-state index is 0. The predicted molar refractivity (Wildman–Crippen MR) is 144 cm³/mol. The van der Waals surface area contributed by atoms with E-state index in [1.807, 2.05) is 0 Å². The van der Waals surface area contributed by atoms with Crippen LogP contribution >= 0.6 is 7.92 Å². The summed E-state index contributed by atoms with van der Waals surface area (Å²) in [6, 6.07) is 32.3. The molecule has 1 aliphatic rings. The maximum absolute atomic E-state index is 2.23. The van der Waals surface area contributed by atoms with E-state index in [1.165, 1.54) is 44.1 Å². The number of benzene rings is 3. The van der Waals surface area contributed by atoms with Crippen LogP contribution in [-0.4, -0.2) is 0 Å². The van der Waals surface area contributed by atoms with Gasteiger partial charge in [0.1, 0.15) is 0 Å². The summed E-state index contributed by atoms with van der Waals surface area (Å²) >= 11 is 0. The molecule has 0 saturated heterocycles. The van der Waals surface area contributed by atoms with Crippen LogP contribution in [-0.2, 0) is 20.1 Å². The summed E-state index contributed by atoms with van der Waals surface area (Å²) in [5.74, 6) is 1.47. The molecular weight excluding hydrogens is 584 g/mol. The molecule has 0 fully saturated rings. The van der Waals surface area contributed by atoms with Crippen LogP contribution in [0, 0.1) is 20.8 Å². The molecule has 0 saturated carbocycles. The van der Waals surface area contributed by atoms with E-state index in [-0.39, 0.29) is 35.0 Å². The van der Waals surface area contributed by atoms with E-state index in [1.54, 1.807) is 0 Å². The molecule has 2 heteroatoms. The van der Waals surface area contributed by atoms with E-state index in [0.717, 1.165) is 0 Å². The van der Waals surface area contributed by atoms with Gasteiger partial charge in [0.05, 0.1) is 0 Å². The molecule has 0 spiro atoms. The van der Waals surface area contributed by atoms with Gasteiger partial charge in [-0.2, -0.15) is 0 Å². The van der Waals surface area contributed by atoms with Gasteiger partial charge in [0.2, 0.25) is 0 Å². The van der Waals surface area contributed by atoms with Crippen LogP contribution in [0.5, 0.6) is 0 Å². The van der Waals surface area contributed by atoms with Crippen LogP contribution in [0.4, 0.5) is 0 Å². The summed E-state index contributed by atoms with van der Waals surface area (Å²) in [6.45, 7) is 11.0. The zero-order valence-electron chi connectivity index (χ0n) is 20.4. The van der Waals surface area contributed by atoms with Crippen molar-refractivity contribution in [2.45, 2.75) is 34.6 Å². The summed E-state index contributed by atoms with van der Waals surface area (Å²) < 4.78 is 0. The first-order valence-electron chi connectivity index (χ1n) is 10.2. The third kappa shape index (κ3) is 7.11. The topological polar surface area (TPSA) is 0 Å². The average molecular weight is 620 g/mol. The molecule has 172 valence electrons. The van der Waals surface area contributed by atoms with Gasteiger partial charge in [-0.15, -0.1) is 0 Å². The molecular formula is C30H36IrP-2. The maximum atomic E-state index is 2.23. The van der Waals surface area contributed by atoms with Crippen molar-refractivity contribution in [2.24, 2.45) is 0 Å². The van der Waals surface area contributed by atoms with Crippen LogP contribution in [0.3, 0.4) is 0 Å². The first-order chi connectivity index (χ1) is 14.0. The van der Waals surface area contributed by atoms with Crippen molar-refractivity contribution < 1.29 is 20.1 Å². The fraction of sp³-hybridized carbons (Fsp3) is 0.167. The molecule has 0 aromatic heterocycles. The van der Waals surface area contributed by atoms with Crippen LogP contribution in [0.25, 0.3) is 0 Å². The Balaban J connectivity index is 0.000000642. The van der Waals surface area contributed by atoms with Gasteiger partial charge in [-0.3, -0.25) is 0 Å². The maximum Gasteiger partial charge on any atom is 0.0226 e. The Kier molecular flexibility index (Phi) is 13.6. The molecule has 0 amide bonds. The van der Waals surface area contributed by atoms with Crippen molar-refractivity contribution in [1.29, 1.82) is 0 Å². The first kappa shape index (κ1) is 30.2. The van der Waals surface area contributed by atoms with Crippen LogP contribution in [0.2, 0.25) is 0 Å². The van der Waals surface area contributed by atoms with Crippen molar-refractivity contribution in [3.63, 3.8) is 0 Å². The summed E-state index contributed by atoms with van der Waals surface area (Å²) in [5.41, 5.74) is 5.87. The van der Waals surface area contributed by atoms with Crippen molar-refractivity contribution in [2.75, 3.05) is 0 Å². The van der Waals surface area contributed by atoms with E-state index in [0.29, 0.717) is 0 Å². The van der Waals surface area contributed by atoms with Gasteiger partial charge in [-0.25, -0.2) is 0 Å². The molecule has 0 heterocycles. The van der Waals surface area contributed by atoms with Gasteiger partial charge in [-0.05, 0) is 62.7 Å². The zero-order valence-corrected chi connectivity index (χ0v) is 23.7. The van der Waals surface area contributed by atoms with Gasteiger partial charge in [0.15, 0.2) is 0 Å². The molecule has 0 atom stereocenters. The van der Waals surface area contributed by atoms with Crippen molar-refractivity contribution in [3.05, 3.63) is 134 Å². The number of hydrogen-bond acceptors (Lipinski definition) is 0. The first-order valence-corrected chi connectivity index (χ1v) is 11.5. The van der Waals surface area contributed by atoms with Crippen molar-refractivity contribution >= 4 is 23.8 Å². The third-order valence-corrected chi connectivity index (χ3v) is 8.30. The number of rotatable bonds is 3. The largest absolute Gasteiger partial charge is 0.358 e. The second kappa shape index (κ2) is 14.4. The van der Waals surface area contributed by atoms with E-state index in [2.05, 4.69) is 126 Å². The van der Waals surface area contributed by atoms with E-state index in [9.17, 15) is 0 Å². The number of hydrogen-bond donors (Lipinski definition) is 0. The molecule has 0 bridgehead atoms. The molecule has 0 unspecified atom stereocenters. The molecule has 0 aliphatic heterocycles. The predicted octanol–water partition coefficient (Wildman–Crippen LogP) is 7.61. The molecule has 0 N–H and O–H groups in total. The van der Waals surface area contributed by atoms with Gasteiger partial charge in [0, 0.05) is 26.0 Å². The van der Waals surface area contributed by atoms with Crippen molar-refractivity contribution in [1.82, 2.24) is 0 Å². The van der Waals surface area contributed by atoms with E-state index < -0.39 is 7.92 Å². The summed E-state index contributed by atoms with van der Waals surface area (Å²) in [6.07, 6.45) is 0. The molecule has 1 aliphatic carbocycles. The van der Waals surface area contributed by atoms with Gasteiger partial charge < -0.3 is 14.9 Å². The summed E-state index contributed by atoms with van der Waals surface area (Å²) in [4.78, 5) is 0. The number of allylic oxidation sites excluding steroid dienone is 4. The van der Waals surface area contributed by atoms with E-state index in [4.69, 9.17) is 0 Å².